The molecule has 0 aliphatic carbocycles. The van der Waals surface area contributed by atoms with Gasteiger partial charge in [0, 0.05) is 16.5 Å². The minimum atomic E-state index is 0.470. The van der Waals surface area contributed by atoms with E-state index >= 15 is 0 Å². The second kappa shape index (κ2) is 6.14. The summed E-state index contributed by atoms with van der Waals surface area (Å²) >= 11 is 7.60. The molecule has 18 heavy (non-hydrogen) atoms. The monoisotopic (exact) mass is 279 g/mol. The molecule has 0 unspecified atom stereocenters. The Morgan fingerprint density at radius 3 is 2.67 bits per heavy atom. The lowest BCUT2D eigenvalue weighted by molar-refractivity contribution is 0.405. The fourth-order valence-electron chi connectivity index (χ4n) is 1.63. The molecule has 0 amide bonds. The Morgan fingerprint density at radius 1 is 1.17 bits per heavy atom. The van der Waals surface area contributed by atoms with E-state index in [9.17, 15) is 0 Å². The number of para-hydroxylation sites is 1. The van der Waals surface area contributed by atoms with Gasteiger partial charge in [-0.25, -0.2) is 0 Å². The zero-order valence-electron chi connectivity index (χ0n) is 10.0. The van der Waals surface area contributed by atoms with E-state index in [0.29, 0.717) is 11.6 Å². The van der Waals surface area contributed by atoms with Crippen LogP contribution in [0.25, 0.3) is 0 Å². The van der Waals surface area contributed by atoms with Gasteiger partial charge in [0.2, 0.25) is 0 Å². The first kappa shape index (κ1) is 13.3. The zero-order valence-corrected chi connectivity index (χ0v) is 11.6. The highest BCUT2D eigenvalue weighted by Crippen LogP contribution is 2.36. The minimum absolute atomic E-state index is 0.470. The third-order valence-electron chi connectivity index (χ3n) is 2.53. The summed E-state index contributed by atoms with van der Waals surface area (Å²) in [6, 6.07) is 13.7. The molecule has 0 fully saturated rings. The van der Waals surface area contributed by atoms with E-state index in [-0.39, 0.29) is 0 Å². The van der Waals surface area contributed by atoms with Crippen LogP contribution < -0.4 is 10.5 Å². The third kappa shape index (κ3) is 2.99. The lowest BCUT2D eigenvalue weighted by atomic mass is 10.2. The number of rotatable bonds is 4. The highest BCUT2D eigenvalue weighted by atomic mass is 35.5. The van der Waals surface area contributed by atoms with Crippen LogP contribution in [0, 0.1) is 0 Å². The van der Waals surface area contributed by atoms with Crippen LogP contribution >= 0.6 is 23.4 Å². The van der Waals surface area contributed by atoms with Gasteiger partial charge in [0.25, 0.3) is 0 Å². The first-order valence-corrected chi connectivity index (χ1v) is 6.73. The van der Waals surface area contributed by atoms with Gasteiger partial charge in [-0.05, 0) is 35.9 Å². The van der Waals surface area contributed by atoms with Gasteiger partial charge in [-0.1, -0.05) is 35.5 Å². The molecule has 0 heterocycles. The maximum absolute atomic E-state index is 5.97. The molecule has 0 aromatic heterocycles. The van der Waals surface area contributed by atoms with E-state index in [4.69, 9.17) is 22.1 Å². The largest absolute Gasteiger partial charge is 0.496 e. The van der Waals surface area contributed by atoms with Crippen molar-refractivity contribution in [1.29, 1.82) is 0 Å². The summed E-state index contributed by atoms with van der Waals surface area (Å²) < 4.78 is 5.34. The van der Waals surface area contributed by atoms with Crippen LogP contribution in [0.1, 0.15) is 5.56 Å². The van der Waals surface area contributed by atoms with E-state index in [1.165, 1.54) is 0 Å². The standard InChI is InChI=1S/C14H14ClNOS/c1-17-12-4-2-3-5-14(12)18-13-7-6-11(15)8-10(13)9-16/h2-8H,9,16H2,1H3. The maximum atomic E-state index is 5.97. The second-order valence-electron chi connectivity index (χ2n) is 3.71. The number of nitrogens with two attached hydrogens (primary N) is 1. The van der Waals surface area contributed by atoms with Gasteiger partial charge in [0.15, 0.2) is 0 Å². The Labute approximate surface area is 116 Å². The Morgan fingerprint density at radius 2 is 1.94 bits per heavy atom. The number of methoxy groups -OCH3 is 1. The van der Waals surface area contributed by atoms with Gasteiger partial charge in [0.1, 0.15) is 5.75 Å². The van der Waals surface area contributed by atoms with Crippen LogP contribution in [0.5, 0.6) is 5.75 Å². The van der Waals surface area contributed by atoms with Gasteiger partial charge in [-0.15, -0.1) is 0 Å². The van der Waals surface area contributed by atoms with Crippen molar-refractivity contribution in [1.82, 2.24) is 0 Å². The van der Waals surface area contributed by atoms with Crippen molar-refractivity contribution in [2.24, 2.45) is 5.73 Å². The Bertz CT molecular complexity index is 545. The SMILES string of the molecule is COc1ccccc1Sc1ccc(Cl)cc1CN. The molecule has 0 saturated carbocycles. The molecule has 0 spiro atoms. The zero-order chi connectivity index (χ0) is 13.0. The van der Waals surface area contributed by atoms with Crippen molar-refractivity contribution < 1.29 is 4.74 Å². The summed E-state index contributed by atoms with van der Waals surface area (Å²) in [6.07, 6.45) is 0. The smallest absolute Gasteiger partial charge is 0.132 e. The van der Waals surface area contributed by atoms with E-state index in [2.05, 4.69) is 0 Å². The molecule has 2 rings (SSSR count). The molecular weight excluding hydrogens is 266 g/mol. The van der Waals surface area contributed by atoms with Gasteiger partial charge in [-0.3, -0.25) is 0 Å². The average Bonchev–Trinajstić information content (AvgIpc) is 2.41. The van der Waals surface area contributed by atoms with Crippen molar-refractivity contribution in [3.63, 3.8) is 0 Å². The average molecular weight is 280 g/mol. The summed E-state index contributed by atoms with van der Waals surface area (Å²) in [6.45, 7) is 0.470. The lowest BCUT2D eigenvalue weighted by Gasteiger charge is -2.10. The lowest BCUT2D eigenvalue weighted by Crippen LogP contribution is -1.98. The van der Waals surface area contributed by atoms with Crippen LogP contribution in [-0.2, 0) is 6.54 Å². The molecule has 0 atom stereocenters. The van der Waals surface area contributed by atoms with Crippen LogP contribution in [0.4, 0.5) is 0 Å². The highest BCUT2D eigenvalue weighted by Gasteiger charge is 2.07. The summed E-state index contributed by atoms with van der Waals surface area (Å²) in [7, 11) is 1.67. The molecule has 94 valence electrons. The predicted molar refractivity (Wildman–Crippen MR) is 76.5 cm³/mol. The second-order valence-corrected chi connectivity index (χ2v) is 5.23. The highest BCUT2D eigenvalue weighted by molar-refractivity contribution is 7.99. The Hall–Kier alpha value is -1.16. The van der Waals surface area contributed by atoms with Crippen molar-refractivity contribution in [3.05, 3.63) is 53.1 Å². The predicted octanol–water partition coefficient (Wildman–Crippen LogP) is 3.96. The number of hydrogen-bond acceptors (Lipinski definition) is 3. The first-order chi connectivity index (χ1) is 8.74. The molecule has 4 heteroatoms. The topological polar surface area (TPSA) is 35.2 Å². The molecule has 2 nitrogen and oxygen atoms in total. The Balaban J connectivity index is 2.33. The molecule has 2 N–H and O–H groups in total. The normalized spacial score (nSPS) is 10.4. The van der Waals surface area contributed by atoms with Crippen LogP contribution in [-0.4, -0.2) is 7.11 Å². The summed E-state index contributed by atoms with van der Waals surface area (Å²) in [5.41, 5.74) is 6.78. The van der Waals surface area contributed by atoms with Crippen LogP contribution in [0.2, 0.25) is 5.02 Å². The number of benzene rings is 2. The van der Waals surface area contributed by atoms with Crippen molar-refractivity contribution in [2.75, 3.05) is 7.11 Å². The molecule has 0 aliphatic rings. The van der Waals surface area contributed by atoms with E-state index in [1.807, 2.05) is 42.5 Å². The van der Waals surface area contributed by atoms with Gasteiger partial charge < -0.3 is 10.5 Å². The van der Waals surface area contributed by atoms with Crippen LogP contribution in [0.15, 0.2) is 52.3 Å². The molecular formula is C14H14ClNOS. The van der Waals surface area contributed by atoms with Crippen molar-refractivity contribution in [3.8, 4) is 5.75 Å². The van der Waals surface area contributed by atoms with Crippen LogP contribution in [0.3, 0.4) is 0 Å². The molecule has 0 saturated heterocycles. The van der Waals surface area contributed by atoms with E-state index in [0.717, 1.165) is 21.1 Å². The van der Waals surface area contributed by atoms with E-state index in [1.54, 1.807) is 18.9 Å². The van der Waals surface area contributed by atoms with Crippen molar-refractivity contribution in [2.45, 2.75) is 16.3 Å². The summed E-state index contributed by atoms with van der Waals surface area (Å²) in [5.74, 6) is 0.862. The molecule has 2 aromatic rings. The number of ether oxygens (including phenoxy) is 1. The third-order valence-corrected chi connectivity index (χ3v) is 3.94. The quantitative estimate of drug-likeness (QED) is 0.920. The van der Waals surface area contributed by atoms with Gasteiger partial charge >= 0.3 is 0 Å². The summed E-state index contributed by atoms with van der Waals surface area (Å²) in [5, 5.41) is 0.708. The maximum Gasteiger partial charge on any atom is 0.132 e. The minimum Gasteiger partial charge on any atom is -0.496 e. The summed E-state index contributed by atoms with van der Waals surface area (Å²) in [4.78, 5) is 2.17. The molecule has 0 bridgehead atoms. The number of halogens is 1. The van der Waals surface area contributed by atoms with Crippen molar-refractivity contribution >= 4 is 23.4 Å². The van der Waals surface area contributed by atoms with Gasteiger partial charge in [-0.2, -0.15) is 0 Å². The number of hydrogen-bond donors (Lipinski definition) is 1. The molecule has 2 aromatic carbocycles. The fourth-order valence-corrected chi connectivity index (χ4v) is 2.87. The Kier molecular flexibility index (Phi) is 4.53. The van der Waals surface area contributed by atoms with E-state index < -0.39 is 0 Å². The molecule has 0 aliphatic heterocycles. The fraction of sp³-hybridized carbons (Fsp3) is 0.143. The van der Waals surface area contributed by atoms with Gasteiger partial charge in [0.05, 0.1) is 12.0 Å². The molecule has 0 radical (unpaired) electrons. The first-order valence-electron chi connectivity index (χ1n) is 5.54.